The molecule has 0 radical (unpaired) electrons. The normalized spacial score (nSPS) is 8.16. The average Bonchev–Trinajstić information content (AvgIpc) is 1.96. The summed E-state index contributed by atoms with van der Waals surface area (Å²) in [5.74, 6) is 0. The van der Waals surface area contributed by atoms with Crippen molar-refractivity contribution in [2.45, 2.75) is 13.3 Å². The van der Waals surface area contributed by atoms with Crippen LogP contribution in [-0.4, -0.2) is 65.1 Å². The van der Waals surface area contributed by atoms with Crippen LogP contribution < -0.4 is 0 Å². The lowest BCUT2D eigenvalue weighted by Gasteiger charge is -1.96. The Morgan fingerprint density at radius 2 is 0.947 bits per heavy atom. The minimum absolute atomic E-state index is 0.00694. The predicted molar refractivity (Wildman–Crippen MR) is 59.2 cm³/mol. The molecule has 0 amide bonds. The van der Waals surface area contributed by atoms with Crippen molar-refractivity contribution < 1.29 is 59.4 Å². The molecule has 19 heavy (non-hydrogen) atoms. The summed E-state index contributed by atoms with van der Waals surface area (Å²) in [5.41, 5.74) is 0. The molecule has 0 aromatic heterocycles. The summed E-state index contributed by atoms with van der Waals surface area (Å²) in [5, 5.41) is 41.8. The van der Waals surface area contributed by atoms with E-state index in [1.165, 1.54) is 0 Å². The van der Waals surface area contributed by atoms with E-state index >= 15 is 0 Å². The van der Waals surface area contributed by atoms with Crippen LogP contribution in [0.3, 0.4) is 0 Å². The van der Waals surface area contributed by atoms with Gasteiger partial charge in [-0.1, -0.05) is 6.92 Å². The van der Waals surface area contributed by atoms with E-state index in [2.05, 4.69) is 0 Å². The molecule has 0 aliphatic rings. The molecule has 12 nitrogen and oxygen atoms in total. The number of hydrogen-bond donors (Lipinski definition) is 8. The van der Waals surface area contributed by atoms with E-state index in [0.717, 1.165) is 0 Å². The van der Waals surface area contributed by atoms with Gasteiger partial charge in [0, 0.05) is 6.16 Å². The van der Waals surface area contributed by atoms with Crippen LogP contribution in [-0.2, 0) is 4.57 Å². The molecule has 0 rings (SSSR count). The Kier molecular flexibility index (Phi) is 21.6. The van der Waals surface area contributed by atoms with E-state index in [9.17, 15) is 4.57 Å². The zero-order chi connectivity index (χ0) is 16.6. The summed E-state index contributed by atoms with van der Waals surface area (Å²) in [6, 6.07) is 0. The molecular weight excluding hydrogens is 295 g/mol. The van der Waals surface area contributed by atoms with Crippen molar-refractivity contribution >= 4 is 26.1 Å². The molecule has 0 aromatic rings. The van der Waals surface area contributed by atoms with Gasteiger partial charge in [-0.2, -0.15) is 0 Å². The van der Waals surface area contributed by atoms with E-state index in [1.54, 1.807) is 6.92 Å². The topological polar surface area (TPSA) is 230 Å². The minimum Gasteiger partial charge on any atom is -0.450 e. The van der Waals surface area contributed by atoms with Crippen molar-refractivity contribution in [2.24, 2.45) is 0 Å². The van der Waals surface area contributed by atoms with Crippen molar-refractivity contribution in [3.8, 4) is 0 Å². The van der Waals surface area contributed by atoms with Gasteiger partial charge in [-0.05, 0) is 6.42 Å². The van der Waals surface area contributed by atoms with Gasteiger partial charge < -0.3 is 40.4 Å². The first kappa shape index (κ1) is 25.7. The second kappa shape index (κ2) is 16.0. The van der Waals surface area contributed by atoms with Gasteiger partial charge in [0.05, 0.1) is 0 Å². The largest absolute Gasteiger partial charge is 0.503 e. The van der Waals surface area contributed by atoms with E-state index in [4.69, 9.17) is 54.8 Å². The molecule has 0 fully saturated rings. The Balaban J connectivity index is -0.0000000825. The van der Waals surface area contributed by atoms with Crippen LogP contribution >= 0.6 is 7.60 Å². The second-order valence-corrected chi connectivity index (χ2v) is 4.01. The molecule has 0 spiro atoms. The summed E-state index contributed by atoms with van der Waals surface area (Å²) in [6.45, 7) is 1.74. The fourth-order valence-corrected chi connectivity index (χ4v) is 0.874. The highest BCUT2D eigenvalue weighted by molar-refractivity contribution is 7.51. The van der Waals surface area contributed by atoms with Crippen molar-refractivity contribution in [3.63, 3.8) is 0 Å². The third-order valence-electron chi connectivity index (χ3n) is 0.515. The Morgan fingerprint density at radius 1 is 0.789 bits per heavy atom. The maximum absolute atomic E-state index is 9.93. The molecule has 116 valence electrons. The summed E-state index contributed by atoms with van der Waals surface area (Å²) in [7, 11) is -3.67. The van der Waals surface area contributed by atoms with Gasteiger partial charge in [0.1, 0.15) is 0 Å². The van der Waals surface area contributed by atoms with E-state index in [0.29, 0.717) is 6.42 Å². The summed E-state index contributed by atoms with van der Waals surface area (Å²) in [4.78, 5) is 41.9. The molecule has 0 atom stereocenters. The molecule has 0 saturated heterocycles. The highest BCUT2D eigenvalue weighted by atomic mass is 31.2. The average molecular weight is 310 g/mol. The van der Waals surface area contributed by atoms with Gasteiger partial charge in [0.15, 0.2) is 0 Å². The third-order valence-corrected chi connectivity index (χ3v) is 1.54. The zero-order valence-corrected chi connectivity index (χ0v) is 10.5. The SMILES string of the molecule is CCCP(=O)(O)O.O=C(O)O.O=C(O)O.O=C(O)O. The molecule has 8 N–H and O–H groups in total. The number of rotatable bonds is 2. The van der Waals surface area contributed by atoms with Crippen molar-refractivity contribution in [1.29, 1.82) is 0 Å². The van der Waals surface area contributed by atoms with E-state index in [-0.39, 0.29) is 6.16 Å². The third kappa shape index (κ3) is 810. The first-order valence-electron chi connectivity index (χ1n) is 4.06. The Labute approximate surface area is 106 Å². The van der Waals surface area contributed by atoms with Crippen molar-refractivity contribution in [2.75, 3.05) is 6.16 Å². The minimum atomic E-state index is -3.67. The van der Waals surface area contributed by atoms with Crippen LogP contribution in [0.5, 0.6) is 0 Å². The fraction of sp³-hybridized carbons (Fsp3) is 0.500. The Bertz CT molecular complexity index is 252. The molecule has 0 aliphatic heterocycles. The standard InChI is InChI=1S/C3H9O3P.3CH2O3/c1-2-3-7(4,5)6;3*2-1(3)4/h2-3H2,1H3,(H2,4,5,6);3*(H2,2,3,4). The number of carbonyl (C=O) groups is 3. The fourth-order valence-electron chi connectivity index (χ4n) is 0.291. The van der Waals surface area contributed by atoms with Gasteiger partial charge in [-0.25, -0.2) is 14.4 Å². The maximum Gasteiger partial charge on any atom is 0.503 e. The van der Waals surface area contributed by atoms with E-state index < -0.39 is 26.1 Å². The predicted octanol–water partition coefficient (Wildman–Crippen LogP) is 1.24. The summed E-state index contributed by atoms with van der Waals surface area (Å²) in [6.07, 6.45) is -4.95. The number of carboxylic acid groups (broad SMARTS) is 6. The Morgan fingerprint density at radius 3 is 0.947 bits per heavy atom. The van der Waals surface area contributed by atoms with Gasteiger partial charge in [0.25, 0.3) is 0 Å². The van der Waals surface area contributed by atoms with Gasteiger partial charge in [-0.3, -0.25) is 4.57 Å². The van der Waals surface area contributed by atoms with Crippen LogP contribution in [0.4, 0.5) is 14.4 Å². The Hall–Kier alpha value is -2.04. The lowest BCUT2D eigenvalue weighted by atomic mass is 10.6. The molecule has 0 bridgehead atoms. The lowest BCUT2D eigenvalue weighted by molar-refractivity contribution is 0.135. The smallest absolute Gasteiger partial charge is 0.450 e. The van der Waals surface area contributed by atoms with Crippen molar-refractivity contribution in [1.82, 2.24) is 0 Å². The first-order valence-corrected chi connectivity index (χ1v) is 5.86. The molecule has 0 heterocycles. The van der Waals surface area contributed by atoms with Gasteiger partial charge in [0.2, 0.25) is 0 Å². The molecule has 0 aliphatic carbocycles. The van der Waals surface area contributed by atoms with Crippen LogP contribution in [0.15, 0.2) is 0 Å². The van der Waals surface area contributed by atoms with Crippen molar-refractivity contribution in [3.05, 3.63) is 0 Å². The van der Waals surface area contributed by atoms with Crippen LogP contribution in [0, 0.1) is 0 Å². The molecule has 0 saturated carbocycles. The molecule has 13 heteroatoms. The molecular formula is C6H15O12P. The highest BCUT2D eigenvalue weighted by Gasteiger charge is 2.08. The quantitative estimate of drug-likeness (QED) is 0.336. The lowest BCUT2D eigenvalue weighted by Crippen LogP contribution is -1.82. The van der Waals surface area contributed by atoms with Gasteiger partial charge >= 0.3 is 26.1 Å². The maximum atomic E-state index is 9.93. The van der Waals surface area contributed by atoms with Gasteiger partial charge in [-0.15, -0.1) is 0 Å². The first-order chi connectivity index (χ1) is 8.26. The summed E-state index contributed by atoms with van der Waals surface area (Å²) >= 11 is 0. The van der Waals surface area contributed by atoms with E-state index in [1.807, 2.05) is 0 Å². The molecule has 0 unspecified atom stereocenters. The molecule has 0 aromatic carbocycles. The zero-order valence-electron chi connectivity index (χ0n) is 9.57. The second-order valence-electron chi connectivity index (χ2n) is 2.24. The summed E-state index contributed by atoms with van der Waals surface area (Å²) < 4.78 is 9.93. The van der Waals surface area contributed by atoms with Crippen LogP contribution in [0.2, 0.25) is 0 Å². The monoisotopic (exact) mass is 310 g/mol. The number of hydrogen-bond acceptors (Lipinski definition) is 4. The van der Waals surface area contributed by atoms with Crippen LogP contribution in [0.1, 0.15) is 13.3 Å². The van der Waals surface area contributed by atoms with Crippen LogP contribution in [0.25, 0.3) is 0 Å². The highest BCUT2D eigenvalue weighted by Crippen LogP contribution is 2.34.